The van der Waals surface area contributed by atoms with E-state index in [1.807, 2.05) is 11.6 Å². The third-order valence-corrected chi connectivity index (χ3v) is 3.67. The number of nitrogens with zero attached hydrogens (tertiary/aromatic N) is 2. The second kappa shape index (κ2) is 4.03. The van der Waals surface area contributed by atoms with Crippen molar-refractivity contribution in [2.45, 2.75) is 18.4 Å². The van der Waals surface area contributed by atoms with E-state index in [9.17, 15) is 4.39 Å². The van der Waals surface area contributed by atoms with Gasteiger partial charge in [-0.05, 0) is 25.0 Å². The quantitative estimate of drug-likeness (QED) is 0.836. The monoisotopic (exact) mass is 249 g/mol. The van der Waals surface area contributed by atoms with Crippen LogP contribution in [0.1, 0.15) is 18.7 Å². The molecule has 4 nitrogen and oxygen atoms in total. The summed E-state index contributed by atoms with van der Waals surface area (Å²) >= 11 is 0. The van der Waals surface area contributed by atoms with E-state index in [1.165, 1.54) is 12.1 Å². The summed E-state index contributed by atoms with van der Waals surface area (Å²) in [6.07, 6.45) is 1.49. The van der Waals surface area contributed by atoms with Gasteiger partial charge in [-0.1, -0.05) is 0 Å². The number of rotatable bonds is 1. The predicted octanol–water partition coefficient (Wildman–Crippen LogP) is 1.68. The summed E-state index contributed by atoms with van der Waals surface area (Å²) in [5, 5.41) is 0. The van der Waals surface area contributed by atoms with Crippen molar-refractivity contribution in [1.82, 2.24) is 9.55 Å². The number of hydrogen-bond acceptors (Lipinski definition) is 3. The molecule has 96 valence electrons. The number of imidazole rings is 1. The van der Waals surface area contributed by atoms with Gasteiger partial charge in [0.25, 0.3) is 0 Å². The van der Waals surface area contributed by atoms with Crippen LogP contribution in [0, 0.1) is 5.82 Å². The lowest BCUT2D eigenvalue weighted by atomic mass is 9.90. The predicted molar refractivity (Wildman–Crippen MR) is 66.6 cm³/mol. The fourth-order valence-electron chi connectivity index (χ4n) is 2.58. The number of benzene rings is 1. The van der Waals surface area contributed by atoms with E-state index in [4.69, 9.17) is 10.5 Å². The highest BCUT2D eigenvalue weighted by Crippen LogP contribution is 2.30. The standard InChI is InChI=1S/C13H16FN3O/c1-17-11-3-2-9(14)8-10(11)16-12(17)13(15)4-6-18-7-5-13/h2-3,8H,4-7,15H2,1H3. The molecular weight excluding hydrogens is 233 g/mol. The molecule has 0 atom stereocenters. The minimum atomic E-state index is -0.470. The van der Waals surface area contributed by atoms with Crippen LogP contribution >= 0.6 is 0 Å². The normalized spacial score (nSPS) is 19.3. The first-order chi connectivity index (χ1) is 8.60. The summed E-state index contributed by atoms with van der Waals surface area (Å²) in [6, 6.07) is 4.63. The van der Waals surface area contributed by atoms with Gasteiger partial charge in [0.15, 0.2) is 0 Å². The largest absolute Gasteiger partial charge is 0.381 e. The number of aromatic nitrogens is 2. The van der Waals surface area contributed by atoms with Crippen LogP contribution in [0.15, 0.2) is 18.2 Å². The van der Waals surface area contributed by atoms with Crippen molar-refractivity contribution < 1.29 is 9.13 Å². The first kappa shape index (κ1) is 11.6. The highest BCUT2D eigenvalue weighted by atomic mass is 19.1. The zero-order valence-electron chi connectivity index (χ0n) is 10.3. The van der Waals surface area contributed by atoms with Crippen molar-refractivity contribution in [3.63, 3.8) is 0 Å². The number of halogens is 1. The molecule has 1 fully saturated rings. The summed E-state index contributed by atoms with van der Waals surface area (Å²) < 4.78 is 20.5. The first-order valence-electron chi connectivity index (χ1n) is 6.09. The molecule has 0 amide bonds. The Labute approximate surface area is 105 Å². The Morgan fingerprint density at radius 3 is 2.83 bits per heavy atom. The molecule has 1 aromatic carbocycles. The Morgan fingerprint density at radius 2 is 2.11 bits per heavy atom. The Hall–Kier alpha value is -1.46. The molecule has 0 unspecified atom stereocenters. The lowest BCUT2D eigenvalue weighted by molar-refractivity contribution is 0.0484. The fourth-order valence-corrected chi connectivity index (χ4v) is 2.58. The topological polar surface area (TPSA) is 53.1 Å². The number of fused-ring (bicyclic) bond motifs is 1. The average Bonchev–Trinajstić information content (AvgIpc) is 2.68. The van der Waals surface area contributed by atoms with Gasteiger partial charge < -0.3 is 15.0 Å². The van der Waals surface area contributed by atoms with Crippen molar-refractivity contribution in [3.8, 4) is 0 Å². The smallest absolute Gasteiger partial charge is 0.129 e. The summed E-state index contributed by atoms with van der Waals surface area (Å²) in [7, 11) is 1.92. The van der Waals surface area contributed by atoms with Crippen LogP contribution in [-0.4, -0.2) is 22.8 Å². The van der Waals surface area contributed by atoms with E-state index in [2.05, 4.69) is 4.98 Å². The maximum absolute atomic E-state index is 13.2. The average molecular weight is 249 g/mol. The molecule has 1 saturated heterocycles. The molecule has 0 bridgehead atoms. The van der Waals surface area contributed by atoms with Gasteiger partial charge in [0.05, 0.1) is 16.6 Å². The molecule has 1 aliphatic rings. The molecule has 18 heavy (non-hydrogen) atoms. The molecule has 0 radical (unpaired) electrons. The van der Waals surface area contributed by atoms with E-state index in [0.29, 0.717) is 18.7 Å². The highest BCUT2D eigenvalue weighted by Gasteiger charge is 2.34. The first-order valence-corrected chi connectivity index (χ1v) is 6.09. The van der Waals surface area contributed by atoms with E-state index in [0.717, 1.165) is 24.2 Å². The molecule has 0 spiro atoms. The van der Waals surface area contributed by atoms with E-state index in [1.54, 1.807) is 6.07 Å². The van der Waals surface area contributed by atoms with Crippen molar-refractivity contribution in [3.05, 3.63) is 29.8 Å². The summed E-state index contributed by atoms with van der Waals surface area (Å²) in [6.45, 7) is 1.29. The lowest BCUT2D eigenvalue weighted by Gasteiger charge is -2.32. The zero-order chi connectivity index (χ0) is 12.8. The zero-order valence-corrected chi connectivity index (χ0v) is 10.3. The van der Waals surface area contributed by atoms with Crippen molar-refractivity contribution in [1.29, 1.82) is 0 Å². The molecule has 2 N–H and O–H groups in total. The van der Waals surface area contributed by atoms with Crippen LogP contribution in [0.3, 0.4) is 0 Å². The summed E-state index contributed by atoms with van der Waals surface area (Å²) in [5.74, 6) is 0.539. The van der Waals surface area contributed by atoms with Crippen molar-refractivity contribution in [2.75, 3.05) is 13.2 Å². The van der Waals surface area contributed by atoms with Crippen LogP contribution in [0.25, 0.3) is 11.0 Å². The number of aryl methyl sites for hydroxylation is 1. The number of nitrogens with two attached hydrogens (primary N) is 1. The van der Waals surface area contributed by atoms with E-state index in [-0.39, 0.29) is 5.82 Å². The Balaban J connectivity index is 2.14. The summed E-state index contributed by atoms with van der Waals surface area (Å²) in [5.41, 5.74) is 7.52. The summed E-state index contributed by atoms with van der Waals surface area (Å²) in [4.78, 5) is 4.51. The van der Waals surface area contributed by atoms with Gasteiger partial charge in [0.1, 0.15) is 11.6 Å². The second-order valence-electron chi connectivity index (χ2n) is 4.90. The molecule has 0 saturated carbocycles. The molecule has 2 heterocycles. The van der Waals surface area contributed by atoms with Crippen LogP contribution < -0.4 is 5.73 Å². The van der Waals surface area contributed by atoms with Gasteiger partial charge in [-0.15, -0.1) is 0 Å². The van der Waals surface area contributed by atoms with Gasteiger partial charge in [-0.25, -0.2) is 9.37 Å². The van der Waals surface area contributed by atoms with Crippen molar-refractivity contribution >= 4 is 11.0 Å². The molecule has 0 aliphatic carbocycles. The van der Waals surface area contributed by atoms with Gasteiger partial charge >= 0.3 is 0 Å². The maximum atomic E-state index is 13.2. The third kappa shape index (κ3) is 1.71. The van der Waals surface area contributed by atoms with Crippen LogP contribution in [0.5, 0.6) is 0 Å². The molecule has 5 heteroatoms. The molecular formula is C13H16FN3O. The van der Waals surface area contributed by atoms with Gasteiger partial charge in [0.2, 0.25) is 0 Å². The molecule has 2 aromatic rings. The number of hydrogen-bond donors (Lipinski definition) is 1. The van der Waals surface area contributed by atoms with Gasteiger partial charge in [-0.2, -0.15) is 0 Å². The van der Waals surface area contributed by atoms with Gasteiger partial charge in [-0.3, -0.25) is 0 Å². The minimum Gasteiger partial charge on any atom is -0.381 e. The van der Waals surface area contributed by atoms with Crippen molar-refractivity contribution in [2.24, 2.45) is 12.8 Å². The van der Waals surface area contributed by atoms with Crippen LogP contribution in [0.2, 0.25) is 0 Å². The Morgan fingerprint density at radius 1 is 1.39 bits per heavy atom. The van der Waals surface area contributed by atoms with E-state index < -0.39 is 5.54 Å². The highest BCUT2D eigenvalue weighted by molar-refractivity contribution is 5.76. The second-order valence-corrected chi connectivity index (χ2v) is 4.90. The van der Waals surface area contributed by atoms with Gasteiger partial charge in [0, 0.05) is 26.3 Å². The molecule has 3 rings (SSSR count). The number of ether oxygens (including phenoxy) is 1. The molecule has 1 aliphatic heterocycles. The maximum Gasteiger partial charge on any atom is 0.129 e. The molecule has 1 aromatic heterocycles. The Kier molecular flexibility index (Phi) is 2.60. The van der Waals surface area contributed by atoms with Crippen LogP contribution in [-0.2, 0) is 17.3 Å². The van der Waals surface area contributed by atoms with E-state index >= 15 is 0 Å². The SMILES string of the molecule is Cn1c(C2(N)CCOCC2)nc2cc(F)ccc21. The Bertz CT molecular complexity index is 587. The lowest BCUT2D eigenvalue weighted by Crippen LogP contribution is -2.44. The fraction of sp³-hybridized carbons (Fsp3) is 0.462. The van der Waals surface area contributed by atoms with Crippen LogP contribution in [0.4, 0.5) is 4.39 Å². The third-order valence-electron chi connectivity index (χ3n) is 3.67. The minimum absolute atomic E-state index is 0.273.